The average Bonchev–Trinajstić information content (AvgIpc) is 2.80. The van der Waals surface area contributed by atoms with Crippen molar-refractivity contribution in [2.24, 2.45) is 5.92 Å². The van der Waals surface area contributed by atoms with Crippen LogP contribution >= 0.6 is 23.4 Å². The number of pyridine rings is 1. The van der Waals surface area contributed by atoms with E-state index in [0.29, 0.717) is 22.2 Å². The van der Waals surface area contributed by atoms with Crippen LogP contribution in [0.25, 0.3) is 0 Å². The van der Waals surface area contributed by atoms with E-state index in [0.717, 1.165) is 12.1 Å². The summed E-state index contributed by atoms with van der Waals surface area (Å²) in [4.78, 5) is 17.3. The number of aromatic nitrogens is 3. The molecule has 0 aliphatic carbocycles. The highest BCUT2D eigenvalue weighted by molar-refractivity contribution is 8.00. The van der Waals surface area contributed by atoms with Gasteiger partial charge in [-0.05, 0) is 67.8 Å². The van der Waals surface area contributed by atoms with Gasteiger partial charge in [0.05, 0.1) is 15.7 Å². The van der Waals surface area contributed by atoms with Crippen LogP contribution < -0.4 is 10.0 Å². The van der Waals surface area contributed by atoms with Gasteiger partial charge in [0.1, 0.15) is 11.1 Å². The lowest BCUT2D eigenvalue weighted by molar-refractivity contribution is -0.115. The van der Waals surface area contributed by atoms with E-state index in [9.17, 15) is 18.5 Å². The molecule has 2 aromatic heterocycles. The first kappa shape index (κ1) is 26.4. The summed E-state index contributed by atoms with van der Waals surface area (Å²) < 4.78 is 27.4. The topological polar surface area (TPSA) is 138 Å². The van der Waals surface area contributed by atoms with E-state index in [1.807, 2.05) is 6.07 Å². The fraction of sp³-hybridized carbons (Fsp3) is 0.261. The zero-order valence-corrected chi connectivity index (χ0v) is 21.6. The summed E-state index contributed by atoms with van der Waals surface area (Å²) in [5.41, 5.74) is 1.70. The quantitative estimate of drug-likeness (QED) is 0.385. The maximum atomic E-state index is 12.7. The van der Waals surface area contributed by atoms with Gasteiger partial charge in [-0.15, -0.1) is 10.2 Å². The predicted molar refractivity (Wildman–Crippen MR) is 136 cm³/mol. The highest BCUT2D eigenvalue weighted by atomic mass is 35.5. The Kier molecular flexibility index (Phi) is 8.67. The molecule has 1 aromatic carbocycles. The van der Waals surface area contributed by atoms with Crippen LogP contribution in [0.5, 0.6) is 0 Å². The Bertz CT molecular complexity index is 1340. The maximum Gasteiger partial charge on any atom is 0.263 e. The molecule has 12 heteroatoms. The van der Waals surface area contributed by atoms with E-state index >= 15 is 0 Å². The average molecular weight is 531 g/mol. The highest BCUT2D eigenvalue weighted by Crippen LogP contribution is 2.27. The Morgan fingerprint density at radius 1 is 1.09 bits per heavy atom. The van der Waals surface area contributed by atoms with Gasteiger partial charge in [0.25, 0.3) is 10.0 Å². The third-order valence-electron chi connectivity index (χ3n) is 4.62. The number of halogens is 1. The van der Waals surface area contributed by atoms with E-state index in [1.165, 1.54) is 48.2 Å². The lowest BCUT2D eigenvalue weighted by Gasteiger charge is -2.14. The second kappa shape index (κ2) is 11.5. The van der Waals surface area contributed by atoms with Crippen LogP contribution in [0.4, 0.5) is 11.5 Å². The van der Waals surface area contributed by atoms with Crippen molar-refractivity contribution >= 4 is 50.8 Å². The van der Waals surface area contributed by atoms with Crippen molar-refractivity contribution in [1.29, 1.82) is 5.26 Å². The number of sulfonamides is 1. The minimum absolute atomic E-state index is 0.0144. The number of thioether (sulfide) groups is 1. The minimum atomic E-state index is -3.90. The standard InChI is InChI=1S/C23H23ClN6O3S2/c1-14(2)12-18-5-4-16(13-25)23(27-18)34-15(3)22(31)26-17-6-8-19(9-7-17)35(32,33)30-21-11-10-20(24)28-29-21/h4-11,14-15H,12H2,1-3H3,(H,26,31)(H,29,30). The largest absolute Gasteiger partial charge is 0.325 e. The van der Waals surface area contributed by atoms with Gasteiger partial charge in [0.15, 0.2) is 11.0 Å². The first-order valence-electron chi connectivity index (χ1n) is 10.6. The first-order chi connectivity index (χ1) is 16.6. The van der Waals surface area contributed by atoms with Crippen molar-refractivity contribution in [3.63, 3.8) is 0 Å². The van der Waals surface area contributed by atoms with Crippen LogP contribution in [0.3, 0.4) is 0 Å². The number of nitriles is 1. The molecule has 1 amide bonds. The third kappa shape index (κ3) is 7.39. The van der Waals surface area contributed by atoms with Gasteiger partial charge in [0, 0.05) is 11.4 Å². The molecule has 3 rings (SSSR count). The zero-order valence-electron chi connectivity index (χ0n) is 19.2. The monoisotopic (exact) mass is 530 g/mol. The molecule has 1 atom stereocenters. The number of hydrogen-bond donors (Lipinski definition) is 2. The number of benzene rings is 1. The lowest BCUT2D eigenvalue weighted by Crippen LogP contribution is -2.23. The zero-order chi connectivity index (χ0) is 25.6. The number of carbonyl (C=O) groups excluding carboxylic acids is 1. The smallest absolute Gasteiger partial charge is 0.263 e. The summed E-state index contributed by atoms with van der Waals surface area (Å²) in [6.45, 7) is 5.89. The molecule has 0 saturated carbocycles. The van der Waals surface area contributed by atoms with Gasteiger partial charge in [-0.2, -0.15) is 5.26 Å². The van der Waals surface area contributed by atoms with E-state index < -0.39 is 15.3 Å². The van der Waals surface area contributed by atoms with Crippen LogP contribution in [-0.4, -0.2) is 34.8 Å². The van der Waals surface area contributed by atoms with Gasteiger partial charge in [0.2, 0.25) is 5.91 Å². The Morgan fingerprint density at radius 2 is 1.80 bits per heavy atom. The molecule has 0 radical (unpaired) electrons. The molecule has 35 heavy (non-hydrogen) atoms. The van der Waals surface area contributed by atoms with E-state index in [-0.39, 0.29) is 21.8 Å². The number of nitrogens with one attached hydrogen (secondary N) is 2. The van der Waals surface area contributed by atoms with Crippen LogP contribution in [-0.2, 0) is 21.2 Å². The second-order valence-corrected chi connectivity index (χ2v) is 11.4. The molecule has 0 fully saturated rings. The van der Waals surface area contributed by atoms with Crippen LogP contribution in [0.2, 0.25) is 5.15 Å². The van der Waals surface area contributed by atoms with Gasteiger partial charge < -0.3 is 5.32 Å². The van der Waals surface area contributed by atoms with Crippen molar-refractivity contribution < 1.29 is 13.2 Å². The maximum absolute atomic E-state index is 12.7. The molecule has 2 N–H and O–H groups in total. The second-order valence-electron chi connectivity index (χ2n) is 7.99. The van der Waals surface area contributed by atoms with Crippen molar-refractivity contribution in [3.05, 3.63) is 64.9 Å². The summed E-state index contributed by atoms with van der Waals surface area (Å²) in [5, 5.41) is 19.5. The molecule has 0 spiro atoms. The molecule has 3 aromatic rings. The number of carbonyl (C=O) groups is 1. The Hall–Kier alpha value is -3.20. The summed E-state index contributed by atoms with van der Waals surface area (Å²) in [5.74, 6) is 0.135. The molecule has 0 saturated heterocycles. The molecule has 182 valence electrons. The Balaban J connectivity index is 1.66. The summed E-state index contributed by atoms with van der Waals surface area (Å²) >= 11 is 6.86. The van der Waals surface area contributed by atoms with Crippen molar-refractivity contribution in [2.75, 3.05) is 10.0 Å². The van der Waals surface area contributed by atoms with Crippen LogP contribution in [0.15, 0.2) is 58.5 Å². The first-order valence-corrected chi connectivity index (χ1v) is 13.3. The van der Waals surface area contributed by atoms with Crippen molar-refractivity contribution in [3.8, 4) is 6.07 Å². The van der Waals surface area contributed by atoms with E-state index in [1.54, 1.807) is 13.0 Å². The fourth-order valence-corrected chi connectivity index (χ4v) is 4.94. The summed E-state index contributed by atoms with van der Waals surface area (Å²) in [7, 11) is -3.90. The number of hydrogen-bond acceptors (Lipinski definition) is 8. The van der Waals surface area contributed by atoms with Gasteiger partial charge in [-0.1, -0.05) is 37.2 Å². The normalized spacial score (nSPS) is 12.1. The number of nitrogens with zero attached hydrogens (tertiary/aromatic N) is 4. The number of amides is 1. The number of anilines is 2. The Labute approximate surface area is 213 Å². The minimum Gasteiger partial charge on any atom is -0.325 e. The fourth-order valence-electron chi connectivity index (χ4n) is 2.93. The summed E-state index contributed by atoms with van der Waals surface area (Å²) in [6.07, 6.45) is 0.772. The van der Waals surface area contributed by atoms with Crippen molar-refractivity contribution in [1.82, 2.24) is 15.2 Å². The molecule has 0 aliphatic heterocycles. The Morgan fingerprint density at radius 3 is 2.40 bits per heavy atom. The third-order valence-corrected chi connectivity index (χ3v) is 7.29. The molecule has 9 nitrogen and oxygen atoms in total. The van der Waals surface area contributed by atoms with Crippen LogP contribution in [0, 0.1) is 17.2 Å². The van der Waals surface area contributed by atoms with Crippen LogP contribution in [0.1, 0.15) is 32.0 Å². The highest BCUT2D eigenvalue weighted by Gasteiger charge is 2.19. The molecule has 0 aliphatic rings. The SMILES string of the molecule is CC(C)Cc1ccc(C#N)c(SC(C)C(=O)Nc2ccc(S(=O)(=O)Nc3ccc(Cl)nn3)cc2)n1. The summed E-state index contributed by atoms with van der Waals surface area (Å²) in [6, 6.07) is 14.2. The molecule has 1 unspecified atom stereocenters. The molecule has 2 heterocycles. The molecular weight excluding hydrogens is 508 g/mol. The molecular formula is C23H23ClN6O3S2. The van der Waals surface area contributed by atoms with Crippen molar-refractivity contribution in [2.45, 2.75) is 42.4 Å². The van der Waals surface area contributed by atoms with E-state index in [4.69, 9.17) is 11.6 Å². The number of rotatable bonds is 9. The van der Waals surface area contributed by atoms with Gasteiger partial charge in [-0.3, -0.25) is 9.52 Å². The predicted octanol–water partition coefficient (Wildman–Crippen LogP) is 4.52. The van der Waals surface area contributed by atoms with Gasteiger partial charge in [-0.25, -0.2) is 13.4 Å². The molecule has 0 bridgehead atoms. The van der Waals surface area contributed by atoms with Gasteiger partial charge >= 0.3 is 0 Å². The van der Waals surface area contributed by atoms with E-state index in [2.05, 4.69) is 45.1 Å². The lowest BCUT2D eigenvalue weighted by atomic mass is 10.1.